The molecule has 0 fully saturated rings. The quantitative estimate of drug-likeness (QED) is 0.314. The van der Waals surface area contributed by atoms with Crippen molar-refractivity contribution in [2.24, 2.45) is 5.41 Å². The van der Waals surface area contributed by atoms with Crippen LogP contribution in [0.15, 0.2) is 12.2 Å². The van der Waals surface area contributed by atoms with Crippen LogP contribution >= 0.6 is 15.9 Å². The molecule has 0 heterocycles. The van der Waals surface area contributed by atoms with Crippen LogP contribution in [-0.4, -0.2) is 30.5 Å². The molecule has 0 aromatic carbocycles. The van der Waals surface area contributed by atoms with E-state index in [1.807, 2.05) is 0 Å². The van der Waals surface area contributed by atoms with Crippen molar-refractivity contribution in [3.8, 4) is 0 Å². The van der Waals surface area contributed by atoms with Crippen LogP contribution in [0.4, 0.5) is 0 Å². The minimum absolute atomic E-state index is 0.236. The van der Waals surface area contributed by atoms with E-state index in [1.54, 1.807) is 32.9 Å². The van der Waals surface area contributed by atoms with Crippen molar-refractivity contribution in [1.82, 2.24) is 0 Å². The maximum absolute atomic E-state index is 12.0. The van der Waals surface area contributed by atoms with Crippen molar-refractivity contribution in [2.45, 2.75) is 27.2 Å². The van der Waals surface area contributed by atoms with Crippen molar-refractivity contribution in [1.29, 1.82) is 0 Å². The Kier molecular flexibility index (Phi) is 7.87. The average Bonchev–Trinajstić information content (AvgIpc) is 2.29. The Morgan fingerprint density at radius 1 is 1.18 bits per heavy atom. The average molecular weight is 307 g/mol. The first-order valence-corrected chi connectivity index (χ1v) is 6.75. The Labute approximate surface area is 110 Å². The molecule has 0 spiro atoms. The monoisotopic (exact) mass is 306 g/mol. The lowest BCUT2D eigenvalue weighted by Crippen LogP contribution is -2.41. The molecule has 0 N–H and O–H groups in total. The first-order valence-electron chi connectivity index (χ1n) is 5.63. The summed E-state index contributed by atoms with van der Waals surface area (Å²) < 4.78 is 9.94. The summed E-state index contributed by atoms with van der Waals surface area (Å²) in [6.45, 7) is 5.64. The molecule has 0 aliphatic carbocycles. The van der Waals surface area contributed by atoms with E-state index in [0.717, 1.165) is 0 Å². The second-order valence-corrected chi connectivity index (χ2v) is 4.14. The van der Waals surface area contributed by atoms with Gasteiger partial charge in [-0.1, -0.05) is 28.1 Å². The smallest absolute Gasteiger partial charge is 0.327 e. The molecule has 0 radical (unpaired) electrons. The molecule has 0 saturated heterocycles. The number of carbonyl (C=O) groups is 2. The van der Waals surface area contributed by atoms with Crippen molar-refractivity contribution in [2.75, 3.05) is 18.5 Å². The molecule has 0 amide bonds. The predicted octanol–water partition coefficient (Wildman–Crippen LogP) is 2.46. The van der Waals surface area contributed by atoms with Gasteiger partial charge in [-0.05, 0) is 27.2 Å². The molecule has 17 heavy (non-hydrogen) atoms. The topological polar surface area (TPSA) is 52.6 Å². The molecule has 0 aromatic rings. The summed E-state index contributed by atoms with van der Waals surface area (Å²) in [6, 6.07) is 0. The third kappa shape index (κ3) is 4.15. The number of carbonyl (C=O) groups excluding carboxylic acids is 2. The second-order valence-electron chi connectivity index (χ2n) is 3.35. The van der Waals surface area contributed by atoms with Crippen LogP contribution in [-0.2, 0) is 19.1 Å². The second kappa shape index (κ2) is 8.28. The summed E-state index contributed by atoms with van der Waals surface area (Å²) in [5.74, 6) is -1.12. The maximum Gasteiger partial charge on any atom is 0.327 e. The standard InChI is InChI=1S/C12H19BrO4/c1-4-7-12(8-9-13,10(14)16-5-2)11(15)17-6-3/h4,7H,5-6,8-9H2,1-3H3. The fourth-order valence-corrected chi connectivity index (χ4v) is 2.09. The van der Waals surface area contributed by atoms with Gasteiger partial charge in [-0.3, -0.25) is 9.59 Å². The number of rotatable bonds is 7. The molecule has 4 nitrogen and oxygen atoms in total. The summed E-state index contributed by atoms with van der Waals surface area (Å²) in [5.41, 5.74) is -1.33. The van der Waals surface area contributed by atoms with Gasteiger partial charge < -0.3 is 9.47 Å². The number of esters is 2. The number of ether oxygens (including phenoxy) is 2. The van der Waals surface area contributed by atoms with Gasteiger partial charge in [-0.15, -0.1) is 0 Å². The summed E-state index contributed by atoms with van der Waals surface area (Å²) in [6.07, 6.45) is 3.52. The molecule has 0 aromatic heterocycles. The summed E-state index contributed by atoms with van der Waals surface area (Å²) in [7, 11) is 0. The lowest BCUT2D eigenvalue weighted by molar-refractivity contribution is -0.168. The molecule has 0 aliphatic heterocycles. The van der Waals surface area contributed by atoms with Crippen LogP contribution < -0.4 is 0 Å². The Hall–Kier alpha value is -0.840. The Bertz CT molecular complexity index is 268. The number of hydrogen-bond acceptors (Lipinski definition) is 4. The Morgan fingerprint density at radius 3 is 1.94 bits per heavy atom. The summed E-state index contributed by atoms with van der Waals surface area (Å²) >= 11 is 3.24. The zero-order valence-electron chi connectivity index (χ0n) is 10.5. The third-order valence-electron chi connectivity index (χ3n) is 2.22. The molecule has 0 rings (SSSR count). The fourth-order valence-electron chi connectivity index (χ4n) is 1.46. The van der Waals surface area contributed by atoms with Gasteiger partial charge in [-0.25, -0.2) is 0 Å². The molecule has 0 aliphatic rings. The fraction of sp³-hybridized carbons (Fsp3) is 0.667. The Balaban J connectivity index is 5.24. The lowest BCUT2D eigenvalue weighted by Gasteiger charge is -2.25. The minimum Gasteiger partial charge on any atom is -0.465 e. The van der Waals surface area contributed by atoms with E-state index in [0.29, 0.717) is 11.8 Å². The molecule has 98 valence electrons. The van der Waals surface area contributed by atoms with Crippen LogP contribution in [0.2, 0.25) is 0 Å². The SMILES string of the molecule is CC=CC(CCBr)(C(=O)OCC)C(=O)OCC. The molecule has 0 unspecified atom stereocenters. The van der Waals surface area contributed by atoms with Crippen molar-refractivity contribution >= 4 is 27.9 Å². The first kappa shape index (κ1) is 16.2. The number of halogens is 1. The highest BCUT2D eigenvalue weighted by molar-refractivity contribution is 9.09. The summed E-state index contributed by atoms with van der Waals surface area (Å²) in [5, 5.41) is 0.509. The number of alkyl halides is 1. The minimum atomic E-state index is -1.33. The molecule has 0 bridgehead atoms. The molecule has 0 saturated carbocycles. The summed E-state index contributed by atoms with van der Waals surface area (Å²) in [4.78, 5) is 23.9. The van der Waals surface area contributed by atoms with E-state index in [1.165, 1.54) is 0 Å². The normalized spacial score (nSPS) is 11.5. The van der Waals surface area contributed by atoms with Crippen LogP contribution in [0.5, 0.6) is 0 Å². The van der Waals surface area contributed by atoms with Gasteiger partial charge in [-0.2, -0.15) is 0 Å². The van der Waals surface area contributed by atoms with Gasteiger partial charge in [0.2, 0.25) is 0 Å². The van der Waals surface area contributed by atoms with Crippen molar-refractivity contribution in [3.63, 3.8) is 0 Å². The van der Waals surface area contributed by atoms with Gasteiger partial charge in [0.1, 0.15) is 0 Å². The largest absolute Gasteiger partial charge is 0.465 e. The zero-order chi connectivity index (χ0) is 13.3. The molecular formula is C12H19BrO4. The van der Waals surface area contributed by atoms with Crippen LogP contribution in [0, 0.1) is 5.41 Å². The molecular weight excluding hydrogens is 288 g/mol. The van der Waals surface area contributed by atoms with Gasteiger partial charge in [0.25, 0.3) is 0 Å². The van der Waals surface area contributed by atoms with E-state index < -0.39 is 17.4 Å². The van der Waals surface area contributed by atoms with Gasteiger partial charge >= 0.3 is 11.9 Å². The zero-order valence-corrected chi connectivity index (χ0v) is 12.1. The highest BCUT2D eigenvalue weighted by atomic mass is 79.9. The highest BCUT2D eigenvalue weighted by Gasteiger charge is 2.45. The maximum atomic E-state index is 12.0. The van der Waals surface area contributed by atoms with Gasteiger partial charge in [0, 0.05) is 5.33 Å². The van der Waals surface area contributed by atoms with Crippen LogP contribution in [0.3, 0.4) is 0 Å². The van der Waals surface area contributed by atoms with Crippen LogP contribution in [0.1, 0.15) is 27.2 Å². The Morgan fingerprint density at radius 2 is 1.65 bits per heavy atom. The van der Waals surface area contributed by atoms with Gasteiger partial charge in [0.15, 0.2) is 5.41 Å². The first-order chi connectivity index (χ1) is 8.08. The van der Waals surface area contributed by atoms with Gasteiger partial charge in [0.05, 0.1) is 13.2 Å². The lowest BCUT2D eigenvalue weighted by atomic mass is 9.84. The van der Waals surface area contributed by atoms with E-state index in [2.05, 4.69) is 15.9 Å². The van der Waals surface area contributed by atoms with Crippen molar-refractivity contribution in [3.05, 3.63) is 12.2 Å². The van der Waals surface area contributed by atoms with E-state index >= 15 is 0 Å². The number of hydrogen-bond donors (Lipinski definition) is 0. The molecule has 0 atom stereocenters. The van der Waals surface area contributed by atoms with E-state index in [4.69, 9.17) is 9.47 Å². The predicted molar refractivity (Wildman–Crippen MR) is 68.9 cm³/mol. The van der Waals surface area contributed by atoms with Crippen molar-refractivity contribution < 1.29 is 19.1 Å². The third-order valence-corrected chi connectivity index (χ3v) is 2.62. The number of allylic oxidation sites excluding steroid dienone is 1. The van der Waals surface area contributed by atoms with E-state index in [9.17, 15) is 9.59 Å². The van der Waals surface area contributed by atoms with E-state index in [-0.39, 0.29) is 13.2 Å². The highest BCUT2D eigenvalue weighted by Crippen LogP contribution is 2.29. The van der Waals surface area contributed by atoms with Crippen LogP contribution in [0.25, 0.3) is 0 Å². The molecule has 5 heteroatoms.